The monoisotopic (exact) mass is 350 g/mol. The normalized spacial score (nSPS) is 26.0. The SMILES string of the molecule is Cc1ccc(CN(CC(=O)N[C@H]2C[C@H]3CC[C@H]2C3)S(C)(=O)=O)cc1. The van der Waals surface area contributed by atoms with Crippen molar-refractivity contribution in [3.63, 3.8) is 0 Å². The third-order valence-corrected chi connectivity index (χ3v) is 6.55. The first kappa shape index (κ1) is 17.4. The Morgan fingerprint density at radius 3 is 2.46 bits per heavy atom. The largest absolute Gasteiger partial charge is 0.352 e. The van der Waals surface area contributed by atoms with Gasteiger partial charge in [0.2, 0.25) is 15.9 Å². The zero-order valence-corrected chi connectivity index (χ0v) is 15.2. The summed E-state index contributed by atoms with van der Waals surface area (Å²) in [5.74, 6) is 1.15. The highest BCUT2D eigenvalue weighted by molar-refractivity contribution is 7.88. The molecule has 0 unspecified atom stereocenters. The number of benzene rings is 1. The van der Waals surface area contributed by atoms with Gasteiger partial charge in [0.1, 0.15) is 0 Å². The highest BCUT2D eigenvalue weighted by Crippen LogP contribution is 2.44. The number of carbonyl (C=O) groups excluding carboxylic acids is 1. The zero-order valence-electron chi connectivity index (χ0n) is 14.4. The summed E-state index contributed by atoms with van der Waals surface area (Å²) in [7, 11) is -3.44. The summed E-state index contributed by atoms with van der Waals surface area (Å²) in [5, 5.41) is 3.06. The van der Waals surface area contributed by atoms with Crippen molar-refractivity contribution in [1.82, 2.24) is 9.62 Å². The molecule has 2 fully saturated rings. The average Bonchev–Trinajstić information content (AvgIpc) is 3.10. The summed E-state index contributed by atoms with van der Waals surface area (Å²) in [6.07, 6.45) is 5.89. The maximum atomic E-state index is 12.4. The van der Waals surface area contributed by atoms with Gasteiger partial charge < -0.3 is 5.32 Å². The van der Waals surface area contributed by atoms with Gasteiger partial charge in [0.15, 0.2) is 0 Å². The van der Waals surface area contributed by atoms with E-state index in [-0.39, 0.29) is 25.0 Å². The van der Waals surface area contributed by atoms with E-state index in [4.69, 9.17) is 0 Å². The Morgan fingerprint density at radius 1 is 1.21 bits per heavy atom. The van der Waals surface area contributed by atoms with Gasteiger partial charge >= 0.3 is 0 Å². The number of sulfonamides is 1. The number of nitrogens with one attached hydrogen (secondary N) is 1. The van der Waals surface area contributed by atoms with E-state index in [0.29, 0.717) is 5.92 Å². The van der Waals surface area contributed by atoms with Gasteiger partial charge in [-0.3, -0.25) is 4.79 Å². The van der Waals surface area contributed by atoms with Gasteiger partial charge in [-0.1, -0.05) is 36.2 Å². The predicted octanol–water partition coefficient (Wildman–Crippen LogP) is 2.06. The Balaban J connectivity index is 1.61. The summed E-state index contributed by atoms with van der Waals surface area (Å²) < 4.78 is 25.3. The number of carbonyl (C=O) groups is 1. The highest BCUT2D eigenvalue weighted by atomic mass is 32.2. The first-order chi connectivity index (χ1) is 11.3. The van der Waals surface area contributed by atoms with Crippen molar-refractivity contribution < 1.29 is 13.2 Å². The smallest absolute Gasteiger partial charge is 0.235 e. The molecule has 0 heterocycles. The van der Waals surface area contributed by atoms with E-state index in [2.05, 4.69) is 5.32 Å². The van der Waals surface area contributed by atoms with Gasteiger partial charge in [-0.15, -0.1) is 0 Å². The molecule has 2 aliphatic rings. The molecule has 1 aromatic rings. The van der Waals surface area contributed by atoms with Crippen LogP contribution in [0.25, 0.3) is 0 Å². The van der Waals surface area contributed by atoms with Crippen LogP contribution in [-0.2, 0) is 21.4 Å². The molecule has 2 bridgehead atoms. The third-order valence-electron chi connectivity index (χ3n) is 5.35. The van der Waals surface area contributed by atoms with E-state index < -0.39 is 10.0 Å². The van der Waals surface area contributed by atoms with Gasteiger partial charge in [-0.2, -0.15) is 4.31 Å². The van der Waals surface area contributed by atoms with E-state index in [1.165, 1.54) is 23.6 Å². The Morgan fingerprint density at radius 2 is 1.92 bits per heavy atom. The fourth-order valence-electron chi connectivity index (χ4n) is 4.02. The number of nitrogens with zero attached hydrogens (tertiary/aromatic N) is 1. The fourth-order valence-corrected chi connectivity index (χ4v) is 4.76. The molecule has 3 rings (SSSR count). The Bertz CT molecular complexity index is 699. The van der Waals surface area contributed by atoms with Crippen molar-refractivity contribution in [2.24, 2.45) is 11.8 Å². The lowest BCUT2D eigenvalue weighted by Crippen LogP contribution is -2.45. The van der Waals surface area contributed by atoms with Crippen LogP contribution in [0.4, 0.5) is 0 Å². The van der Waals surface area contributed by atoms with Gasteiger partial charge in [-0.05, 0) is 43.6 Å². The van der Waals surface area contributed by atoms with Crippen LogP contribution in [0.15, 0.2) is 24.3 Å². The lowest BCUT2D eigenvalue weighted by Gasteiger charge is -2.25. The minimum Gasteiger partial charge on any atom is -0.352 e. The molecular formula is C18H26N2O3S. The zero-order chi connectivity index (χ0) is 17.3. The maximum absolute atomic E-state index is 12.4. The number of amides is 1. The number of fused-ring (bicyclic) bond motifs is 2. The average molecular weight is 350 g/mol. The van der Waals surface area contributed by atoms with E-state index >= 15 is 0 Å². The van der Waals surface area contributed by atoms with Crippen molar-refractivity contribution in [1.29, 1.82) is 0 Å². The van der Waals surface area contributed by atoms with Gasteiger partial charge in [0.05, 0.1) is 12.8 Å². The first-order valence-corrected chi connectivity index (χ1v) is 10.5. The lowest BCUT2D eigenvalue weighted by molar-refractivity contribution is -0.122. The predicted molar refractivity (Wildman–Crippen MR) is 93.8 cm³/mol. The van der Waals surface area contributed by atoms with E-state index in [1.54, 1.807) is 0 Å². The van der Waals surface area contributed by atoms with Crippen LogP contribution >= 0.6 is 0 Å². The molecular weight excluding hydrogens is 324 g/mol. The molecule has 0 radical (unpaired) electrons. The minimum absolute atomic E-state index is 0.111. The van der Waals surface area contributed by atoms with Crippen LogP contribution < -0.4 is 5.32 Å². The number of rotatable bonds is 6. The minimum atomic E-state index is -3.44. The maximum Gasteiger partial charge on any atom is 0.235 e. The molecule has 132 valence electrons. The molecule has 0 aliphatic heterocycles. The van der Waals surface area contributed by atoms with E-state index in [9.17, 15) is 13.2 Å². The number of hydrogen-bond acceptors (Lipinski definition) is 3. The second-order valence-electron chi connectivity index (χ2n) is 7.37. The number of hydrogen-bond donors (Lipinski definition) is 1. The summed E-state index contributed by atoms with van der Waals surface area (Å²) in [4.78, 5) is 12.4. The van der Waals surface area contributed by atoms with Gasteiger partial charge in [-0.25, -0.2) is 8.42 Å². The van der Waals surface area contributed by atoms with Crippen molar-refractivity contribution in [2.45, 2.75) is 45.2 Å². The summed E-state index contributed by atoms with van der Waals surface area (Å²) in [6.45, 7) is 2.10. The van der Waals surface area contributed by atoms with Crippen LogP contribution in [0.3, 0.4) is 0 Å². The molecule has 5 nitrogen and oxygen atoms in total. The first-order valence-electron chi connectivity index (χ1n) is 8.61. The molecule has 6 heteroatoms. The van der Waals surface area contributed by atoms with Crippen LogP contribution in [0.2, 0.25) is 0 Å². The fraction of sp³-hybridized carbons (Fsp3) is 0.611. The molecule has 0 aromatic heterocycles. The van der Waals surface area contributed by atoms with E-state index in [1.807, 2.05) is 31.2 Å². The molecule has 3 atom stereocenters. The lowest BCUT2D eigenvalue weighted by atomic mass is 9.95. The molecule has 1 amide bonds. The Hall–Kier alpha value is -1.40. The molecule has 0 saturated heterocycles. The highest BCUT2D eigenvalue weighted by Gasteiger charge is 2.40. The van der Waals surface area contributed by atoms with Gasteiger partial charge in [0.25, 0.3) is 0 Å². The molecule has 2 aliphatic carbocycles. The standard InChI is InChI=1S/C18H26N2O3S/c1-13-3-5-14(6-4-13)11-20(24(2,22)23)12-18(21)19-17-10-15-7-8-16(17)9-15/h3-6,15-17H,7-12H2,1-2H3,(H,19,21)/t15-,16-,17-/m0/s1. The van der Waals surface area contributed by atoms with Crippen LogP contribution in [-0.4, -0.2) is 37.5 Å². The van der Waals surface area contributed by atoms with E-state index in [0.717, 1.165) is 29.7 Å². The Labute approximate surface area is 144 Å². The molecule has 2 saturated carbocycles. The second kappa shape index (κ2) is 6.84. The van der Waals surface area contributed by atoms with Crippen molar-refractivity contribution >= 4 is 15.9 Å². The quantitative estimate of drug-likeness (QED) is 0.854. The van der Waals surface area contributed by atoms with Crippen LogP contribution in [0.5, 0.6) is 0 Å². The molecule has 24 heavy (non-hydrogen) atoms. The van der Waals surface area contributed by atoms with Crippen molar-refractivity contribution in [3.8, 4) is 0 Å². The summed E-state index contributed by atoms with van der Waals surface area (Å²) in [5.41, 5.74) is 2.01. The summed E-state index contributed by atoms with van der Waals surface area (Å²) >= 11 is 0. The van der Waals surface area contributed by atoms with Crippen LogP contribution in [0, 0.1) is 18.8 Å². The van der Waals surface area contributed by atoms with Crippen LogP contribution in [0.1, 0.15) is 36.8 Å². The second-order valence-corrected chi connectivity index (χ2v) is 9.35. The van der Waals surface area contributed by atoms with Crippen molar-refractivity contribution in [3.05, 3.63) is 35.4 Å². The molecule has 1 N–H and O–H groups in total. The topological polar surface area (TPSA) is 66.5 Å². The van der Waals surface area contributed by atoms with Gasteiger partial charge in [0, 0.05) is 12.6 Å². The number of aryl methyl sites for hydroxylation is 1. The molecule has 1 aromatic carbocycles. The third kappa shape index (κ3) is 4.16. The van der Waals surface area contributed by atoms with Crippen molar-refractivity contribution in [2.75, 3.05) is 12.8 Å². The Kier molecular flexibility index (Phi) is 4.97. The summed E-state index contributed by atoms with van der Waals surface area (Å²) in [6, 6.07) is 7.94. The molecule has 0 spiro atoms.